The zero-order chi connectivity index (χ0) is 14.7. The topological polar surface area (TPSA) is 9.72 Å². The monoisotopic (exact) mass is 281 g/mol. The van der Waals surface area contributed by atoms with Crippen molar-refractivity contribution in [2.45, 2.75) is 13.0 Å². The third-order valence-corrected chi connectivity index (χ3v) is 5.29. The Bertz CT molecular complexity index is 647. The Kier molecular flexibility index (Phi) is 2.62. The summed E-state index contributed by atoms with van der Waals surface area (Å²) in [5.41, 5.74) is 7.41. The second-order valence-electron chi connectivity index (χ2n) is 6.71. The van der Waals surface area contributed by atoms with Crippen molar-refractivity contribution in [2.75, 3.05) is 34.2 Å². The van der Waals surface area contributed by atoms with Gasteiger partial charge < -0.3 is 14.7 Å². The van der Waals surface area contributed by atoms with Crippen LogP contribution >= 0.6 is 0 Å². The first kappa shape index (κ1) is 12.8. The molecule has 3 heteroatoms. The highest BCUT2D eigenvalue weighted by Crippen LogP contribution is 2.47. The molecule has 0 amide bonds. The fourth-order valence-corrected chi connectivity index (χ4v) is 4.14. The third kappa shape index (κ3) is 1.73. The zero-order valence-corrected chi connectivity index (χ0v) is 13.3. The van der Waals surface area contributed by atoms with Crippen LogP contribution in [-0.4, -0.2) is 55.0 Å². The van der Waals surface area contributed by atoms with Crippen LogP contribution in [0.4, 0.5) is 0 Å². The maximum absolute atomic E-state index is 2.47. The van der Waals surface area contributed by atoms with Gasteiger partial charge in [-0.3, -0.25) is 0 Å². The van der Waals surface area contributed by atoms with E-state index >= 15 is 0 Å². The molecule has 110 valence electrons. The van der Waals surface area contributed by atoms with E-state index in [-0.39, 0.29) is 0 Å². The summed E-state index contributed by atoms with van der Waals surface area (Å²) in [4.78, 5) is 7.02. The standard InChI is InChI=1S/C18H23N3/c1-12-14-10-19(2)7-5-13(14)9-17-18(12)15-11-20(3)8-6-16(15)21(17)4/h5-7,9,11,17-18H,8,10H2,1-4H3. The SMILES string of the molecule is CC1=C2CN(C)C=CC2=CC2C1C1=CN(C)CC=C1N2C. The summed E-state index contributed by atoms with van der Waals surface area (Å²) in [7, 11) is 6.56. The van der Waals surface area contributed by atoms with Crippen LogP contribution in [0.1, 0.15) is 6.92 Å². The van der Waals surface area contributed by atoms with Gasteiger partial charge in [-0.1, -0.05) is 11.6 Å². The summed E-state index contributed by atoms with van der Waals surface area (Å²) < 4.78 is 0. The zero-order valence-electron chi connectivity index (χ0n) is 13.3. The number of hydrogen-bond donors (Lipinski definition) is 0. The predicted molar refractivity (Wildman–Crippen MR) is 86.4 cm³/mol. The molecule has 0 radical (unpaired) electrons. The Morgan fingerprint density at radius 3 is 2.76 bits per heavy atom. The van der Waals surface area contributed by atoms with Crippen molar-refractivity contribution in [3.63, 3.8) is 0 Å². The van der Waals surface area contributed by atoms with Crippen LogP contribution in [0.2, 0.25) is 0 Å². The lowest BCUT2D eigenvalue weighted by Crippen LogP contribution is -2.33. The molecule has 2 unspecified atom stereocenters. The van der Waals surface area contributed by atoms with Crippen molar-refractivity contribution in [2.24, 2.45) is 5.92 Å². The molecule has 1 saturated heterocycles. The largest absolute Gasteiger partial charge is 0.376 e. The fourth-order valence-electron chi connectivity index (χ4n) is 4.14. The van der Waals surface area contributed by atoms with E-state index in [0.717, 1.165) is 13.1 Å². The average Bonchev–Trinajstić information content (AvgIpc) is 2.73. The van der Waals surface area contributed by atoms with Gasteiger partial charge in [0.15, 0.2) is 0 Å². The molecule has 21 heavy (non-hydrogen) atoms. The van der Waals surface area contributed by atoms with E-state index < -0.39 is 0 Å². The molecule has 0 aromatic rings. The van der Waals surface area contributed by atoms with Gasteiger partial charge in [0.25, 0.3) is 0 Å². The Balaban J connectivity index is 1.85. The minimum absolute atomic E-state index is 0.473. The van der Waals surface area contributed by atoms with Crippen LogP contribution in [0, 0.1) is 5.92 Å². The number of hydrogen-bond acceptors (Lipinski definition) is 3. The number of likely N-dealkylation sites (N-methyl/N-ethyl adjacent to an activating group) is 3. The van der Waals surface area contributed by atoms with Crippen LogP contribution in [0.25, 0.3) is 0 Å². The summed E-state index contributed by atoms with van der Waals surface area (Å²) in [6.45, 7) is 4.37. The summed E-state index contributed by atoms with van der Waals surface area (Å²) in [5.74, 6) is 0.516. The minimum Gasteiger partial charge on any atom is -0.376 e. The first-order valence-electron chi connectivity index (χ1n) is 7.72. The lowest BCUT2D eigenvalue weighted by Gasteiger charge is -2.34. The van der Waals surface area contributed by atoms with Gasteiger partial charge >= 0.3 is 0 Å². The molecule has 0 spiro atoms. The van der Waals surface area contributed by atoms with E-state index in [1.54, 1.807) is 5.57 Å². The average molecular weight is 281 g/mol. The molecular weight excluding hydrogens is 258 g/mol. The van der Waals surface area contributed by atoms with Crippen LogP contribution in [0.15, 0.2) is 58.6 Å². The van der Waals surface area contributed by atoms with Crippen LogP contribution in [0.5, 0.6) is 0 Å². The second kappa shape index (κ2) is 4.30. The molecule has 0 bridgehead atoms. The van der Waals surface area contributed by atoms with Crippen molar-refractivity contribution in [1.29, 1.82) is 0 Å². The summed E-state index contributed by atoms with van der Waals surface area (Å²) in [6, 6.07) is 0.473. The summed E-state index contributed by atoms with van der Waals surface area (Å²) in [6.07, 6.45) is 11.6. The molecule has 4 rings (SSSR count). The molecule has 0 saturated carbocycles. The van der Waals surface area contributed by atoms with E-state index in [9.17, 15) is 0 Å². The van der Waals surface area contributed by atoms with E-state index in [1.165, 1.54) is 22.4 Å². The molecule has 2 atom stereocenters. The molecule has 4 aliphatic rings. The molecule has 3 aliphatic heterocycles. The summed E-state index contributed by atoms with van der Waals surface area (Å²) in [5, 5.41) is 0. The molecule has 1 aliphatic carbocycles. The van der Waals surface area contributed by atoms with Crippen LogP contribution in [-0.2, 0) is 0 Å². The lowest BCUT2D eigenvalue weighted by atomic mass is 9.77. The maximum Gasteiger partial charge on any atom is 0.0586 e. The van der Waals surface area contributed by atoms with E-state index in [4.69, 9.17) is 0 Å². The van der Waals surface area contributed by atoms with Crippen molar-refractivity contribution >= 4 is 0 Å². The minimum atomic E-state index is 0.473. The van der Waals surface area contributed by atoms with Gasteiger partial charge in [-0.15, -0.1) is 0 Å². The van der Waals surface area contributed by atoms with Crippen LogP contribution < -0.4 is 0 Å². The highest BCUT2D eigenvalue weighted by Gasteiger charge is 2.43. The Morgan fingerprint density at radius 1 is 1.14 bits per heavy atom. The number of nitrogens with zero attached hydrogens (tertiary/aromatic N) is 3. The van der Waals surface area contributed by atoms with Gasteiger partial charge in [0.2, 0.25) is 0 Å². The molecule has 1 fully saturated rings. The van der Waals surface area contributed by atoms with Crippen molar-refractivity contribution in [3.05, 3.63) is 58.6 Å². The number of allylic oxidation sites excluding steroid dienone is 2. The lowest BCUT2D eigenvalue weighted by molar-refractivity contribution is 0.363. The van der Waals surface area contributed by atoms with Crippen molar-refractivity contribution < 1.29 is 0 Å². The number of rotatable bonds is 0. The van der Waals surface area contributed by atoms with Gasteiger partial charge in [-0.05, 0) is 36.4 Å². The van der Waals surface area contributed by atoms with E-state index in [1.807, 2.05) is 0 Å². The second-order valence-corrected chi connectivity index (χ2v) is 6.71. The van der Waals surface area contributed by atoms with Gasteiger partial charge in [0.1, 0.15) is 0 Å². The Labute approximate surface area is 127 Å². The highest BCUT2D eigenvalue weighted by molar-refractivity contribution is 5.57. The molecule has 0 N–H and O–H groups in total. The van der Waals surface area contributed by atoms with Gasteiger partial charge in [0.05, 0.1) is 6.04 Å². The predicted octanol–water partition coefficient (Wildman–Crippen LogP) is 2.35. The summed E-state index contributed by atoms with van der Waals surface area (Å²) >= 11 is 0. The van der Waals surface area contributed by atoms with Crippen molar-refractivity contribution in [1.82, 2.24) is 14.7 Å². The third-order valence-electron chi connectivity index (χ3n) is 5.29. The number of likely N-dealkylation sites (tertiary alicyclic amines) is 1. The fraction of sp³-hybridized carbons (Fsp3) is 0.444. The maximum atomic E-state index is 2.47. The van der Waals surface area contributed by atoms with Crippen LogP contribution in [0.3, 0.4) is 0 Å². The smallest absolute Gasteiger partial charge is 0.0586 e. The molecule has 0 aromatic heterocycles. The first-order valence-corrected chi connectivity index (χ1v) is 7.72. The van der Waals surface area contributed by atoms with Crippen molar-refractivity contribution in [3.8, 4) is 0 Å². The highest BCUT2D eigenvalue weighted by atomic mass is 15.2. The van der Waals surface area contributed by atoms with Gasteiger partial charge in [-0.2, -0.15) is 0 Å². The molecular formula is C18H23N3. The van der Waals surface area contributed by atoms with E-state index in [2.05, 4.69) is 73.4 Å². The molecule has 0 aromatic carbocycles. The Morgan fingerprint density at radius 2 is 1.95 bits per heavy atom. The molecule has 3 heterocycles. The molecule has 3 nitrogen and oxygen atoms in total. The van der Waals surface area contributed by atoms with Gasteiger partial charge in [-0.25, -0.2) is 0 Å². The van der Waals surface area contributed by atoms with Gasteiger partial charge in [0, 0.05) is 57.6 Å². The first-order chi connectivity index (χ1) is 10.1. The Hall–Kier alpha value is -1.90. The quantitative estimate of drug-likeness (QED) is 0.675. The normalized spacial score (nSPS) is 30.7. The number of fused-ring (bicyclic) bond motifs is 4. The van der Waals surface area contributed by atoms with E-state index in [0.29, 0.717) is 12.0 Å².